The molecule has 7 heteroatoms. The van der Waals surface area contributed by atoms with Gasteiger partial charge >= 0.3 is 5.97 Å². The summed E-state index contributed by atoms with van der Waals surface area (Å²) in [5.74, 6) is 2.60. The summed E-state index contributed by atoms with van der Waals surface area (Å²) < 4.78 is 7.29. The molecule has 0 atom stereocenters. The molecular formula is C22H27N3O3Si. The van der Waals surface area contributed by atoms with Gasteiger partial charge in [0.15, 0.2) is 5.69 Å². The number of amides is 1. The Labute approximate surface area is 172 Å². The smallest absolute Gasteiger partial charge is 0.359 e. The van der Waals surface area contributed by atoms with Crippen LogP contribution >= 0.6 is 0 Å². The first kappa shape index (κ1) is 20.9. The molecule has 2 heterocycles. The van der Waals surface area contributed by atoms with Crippen LogP contribution in [0.4, 0.5) is 0 Å². The number of hydrogen-bond acceptors (Lipinski definition) is 4. The van der Waals surface area contributed by atoms with Gasteiger partial charge in [-0.05, 0) is 39.0 Å². The molecule has 6 nitrogen and oxygen atoms in total. The van der Waals surface area contributed by atoms with Crippen molar-refractivity contribution in [1.29, 1.82) is 0 Å². The number of esters is 1. The van der Waals surface area contributed by atoms with Gasteiger partial charge in [-0.1, -0.05) is 25.6 Å². The lowest BCUT2D eigenvalue weighted by Gasteiger charge is -2.19. The van der Waals surface area contributed by atoms with Crippen molar-refractivity contribution < 1.29 is 14.3 Å². The topological polar surface area (TPSA) is 64.4 Å². The molecule has 2 aromatic rings. The van der Waals surface area contributed by atoms with Crippen molar-refractivity contribution in [1.82, 2.24) is 14.5 Å². The molecule has 0 aliphatic carbocycles. The Kier molecular flexibility index (Phi) is 5.18. The van der Waals surface area contributed by atoms with Crippen LogP contribution in [0, 0.1) is 11.5 Å². The van der Waals surface area contributed by atoms with Crippen molar-refractivity contribution in [3.63, 3.8) is 0 Å². The first-order valence-corrected chi connectivity index (χ1v) is 13.1. The third-order valence-electron chi connectivity index (χ3n) is 4.26. The highest BCUT2D eigenvalue weighted by atomic mass is 28.3. The van der Waals surface area contributed by atoms with Gasteiger partial charge in [0, 0.05) is 12.6 Å². The van der Waals surface area contributed by atoms with Crippen molar-refractivity contribution in [2.75, 3.05) is 7.05 Å². The van der Waals surface area contributed by atoms with Crippen LogP contribution in [0.25, 0.3) is 5.69 Å². The number of aromatic nitrogens is 2. The lowest BCUT2D eigenvalue weighted by molar-refractivity contribution is 0.00608. The summed E-state index contributed by atoms with van der Waals surface area (Å²) in [6, 6.07) is 5.59. The maximum absolute atomic E-state index is 13.0. The van der Waals surface area contributed by atoms with Crippen molar-refractivity contribution in [3.05, 3.63) is 47.0 Å². The minimum Gasteiger partial charge on any atom is -0.455 e. The molecule has 1 aliphatic rings. The molecule has 0 fully saturated rings. The van der Waals surface area contributed by atoms with Crippen LogP contribution in [0.2, 0.25) is 19.6 Å². The van der Waals surface area contributed by atoms with E-state index >= 15 is 0 Å². The third kappa shape index (κ3) is 4.60. The molecule has 0 bridgehead atoms. The molecule has 0 unspecified atom stereocenters. The van der Waals surface area contributed by atoms with E-state index in [0.717, 1.165) is 5.56 Å². The molecule has 0 radical (unpaired) electrons. The zero-order chi connectivity index (χ0) is 21.6. The first-order chi connectivity index (χ1) is 13.4. The molecule has 29 heavy (non-hydrogen) atoms. The van der Waals surface area contributed by atoms with E-state index in [2.05, 4.69) is 36.1 Å². The molecular weight excluding hydrogens is 382 g/mol. The Hall–Kier alpha value is -2.85. The van der Waals surface area contributed by atoms with E-state index in [0.29, 0.717) is 16.9 Å². The standard InChI is InChI=1S/C22H27N3O3Si/c1-22(2,3)28-21(27)19-18-13-24(4)20(26)16-12-15(10-11-29(5,6)7)8-9-17(16)25(18)14-23-19/h8-9,12,14H,13H2,1-7H3. The van der Waals surface area contributed by atoms with E-state index < -0.39 is 19.6 Å². The number of nitrogens with zero attached hydrogens (tertiary/aromatic N) is 3. The number of carbonyl (C=O) groups is 2. The van der Waals surface area contributed by atoms with E-state index in [-0.39, 0.29) is 18.1 Å². The van der Waals surface area contributed by atoms with Crippen LogP contribution in [0.5, 0.6) is 0 Å². The van der Waals surface area contributed by atoms with Gasteiger partial charge in [0.05, 0.1) is 23.5 Å². The second kappa shape index (κ2) is 7.19. The van der Waals surface area contributed by atoms with Gasteiger partial charge in [-0.3, -0.25) is 9.36 Å². The van der Waals surface area contributed by atoms with Gasteiger partial charge in [-0.15, -0.1) is 5.54 Å². The maximum Gasteiger partial charge on any atom is 0.359 e. The summed E-state index contributed by atoms with van der Waals surface area (Å²) in [5, 5.41) is 0. The van der Waals surface area contributed by atoms with E-state index in [4.69, 9.17) is 4.74 Å². The summed E-state index contributed by atoms with van der Waals surface area (Å²) in [6.45, 7) is 12.2. The van der Waals surface area contributed by atoms with Gasteiger partial charge < -0.3 is 9.64 Å². The van der Waals surface area contributed by atoms with Crippen LogP contribution in [0.15, 0.2) is 24.5 Å². The average molecular weight is 410 g/mol. The Morgan fingerprint density at radius 1 is 1.24 bits per heavy atom. The fourth-order valence-electron chi connectivity index (χ4n) is 2.99. The zero-order valence-corrected chi connectivity index (χ0v) is 19.1. The van der Waals surface area contributed by atoms with Gasteiger partial charge in [0.2, 0.25) is 0 Å². The predicted octanol–water partition coefficient (Wildman–Crippen LogP) is 3.64. The van der Waals surface area contributed by atoms with E-state index in [1.165, 1.54) is 0 Å². The quantitative estimate of drug-likeness (QED) is 0.410. The number of rotatable bonds is 1. The number of benzene rings is 1. The largest absolute Gasteiger partial charge is 0.455 e. The molecule has 152 valence electrons. The summed E-state index contributed by atoms with van der Waals surface area (Å²) >= 11 is 0. The van der Waals surface area contributed by atoms with E-state index in [9.17, 15) is 9.59 Å². The van der Waals surface area contributed by atoms with Crippen LogP contribution in [0.1, 0.15) is 52.9 Å². The van der Waals surface area contributed by atoms with E-state index in [1.807, 2.05) is 39.0 Å². The van der Waals surface area contributed by atoms with Crippen molar-refractivity contribution >= 4 is 20.0 Å². The number of ether oxygens (including phenoxy) is 1. The molecule has 1 aromatic carbocycles. The zero-order valence-electron chi connectivity index (χ0n) is 18.1. The number of fused-ring (bicyclic) bond motifs is 3. The van der Waals surface area contributed by atoms with Crippen molar-refractivity contribution in [2.45, 2.75) is 52.6 Å². The van der Waals surface area contributed by atoms with Gasteiger partial charge in [-0.2, -0.15) is 0 Å². The summed E-state index contributed by atoms with van der Waals surface area (Å²) in [4.78, 5) is 31.5. The lowest BCUT2D eigenvalue weighted by Crippen LogP contribution is -2.27. The lowest BCUT2D eigenvalue weighted by atomic mass is 10.1. The third-order valence-corrected chi connectivity index (χ3v) is 5.14. The average Bonchev–Trinajstić information content (AvgIpc) is 2.96. The summed E-state index contributed by atoms with van der Waals surface area (Å²) in [5.41, 5.74) is 5.62. The van der Waals surface area contributed by atoms with Gasteiger partial charge in [0.25, 0.3) is 5.91 Å². The van der Waals surface area contributed by atoms with Gasteiger partial charge in [0.1, 0.15) is 20.0 Å². The number of carbonyl (C=O) groups excluding carboxylic acids is 2. The highest BCUT2D eigenvalue weighted by Gasteiger charge is 2.30. The fourth-order valence-corrected chi connectivity index (χ4v) is 3.51. The fraction of sp³-hybridized carbons (Fsp3) is 0.409. The first-order valence-electron chi connectivity index (χ1n) is 9.58. The van der Waals surface area contributed by atoms with Crippen LogP contribution in [-0.2, 0) is 11.3 Å². The summed E-state index contributed by atoms with van der Waals surface area (Å²) in [6.07, 6.45) is 1.58. The van der Waals surface area contributed by atoms with Crippen molar-refractivity contribution in [3.8, 4) is 17.2 Å². The molecule has 3 rings (SSSR count). The Bertz CT molecular complexity index is 1050. The predicted molar refractivity (Wildman–Crippen MR) is 115 cm³/mol. The molecule has 1 aliphatic heterocycles. The van der Waals surface area contributed by atoms with Crippen LogP contribution in [0.3, 0.4) is 0 Å². The molecule has 0 spiro atoms. The molecule has 0 N–H and O–H groups in total. The normalized spacial score (nSPS) is 13.8. The number of hydrogen-bond donors (Lipinski definition) is 0. The maximum atomic E-state index is 13.0. The Morgan fingerprint density at radius 3 is 2.55 bits per heavy atom. The molecule has 1 amide bonds. The Balaban J connectivity index is 2.10. The van der Waals surface area contributed by atoms with Crippen LogP contribution < -0.4 is 0 Å². The SMILES string of the molecule is CN1Cc2c(C(=O)OC(C)(C)C)ncn2-c2ccc(C#C[Si](C)(C)C)cc2C1=O. The second-order valence-corrected chi connectivity index (χ2v) is 14.1. The van der Waals surface area contributed by atoms with Crippen LogP contribution in [-0.4, -0.2) is 47.1 Å². The van der Waals surface area contributed by atoms with Crippen molar-refractivity contribution in [2.24, 2.45) is 0 Å². The molecule has 0 saturated carbocycles. The Morgan fingerprint density at radius 2 is 1.93 bits per heavy atom. The highest BCUT2D eigenvalue weighted by molar-refractivity contribution is 6.83. The summed E-state index contributed by atoms with van der Waals surface area (Å²) in [7, 11) is 0.191. The monoisotopic (exact) mass is 409 g/mol. The minimum absolute atomic E-state index is 0.115. The van der Waals surface area contributed by atoms with E-state index in [1.54, 1.807) is 22.8 Å². The number of imidazole rings is 1. The minimum atomic E-state index is -1.53. The highest BCUT2D eigenvalue weighted by Crippen LogP contribution is 2.27. The molecule has 0 saturated heterocycles. The second-order valence-electron chi connectivity index (χ2n) is 9.30. The molecule has 1 aromatic heterocycles. The van der Waals surface area contributed by atoms with Gasteiger partial charge in [-0.25, -0.2) is 9.78 Å².